The number of H-pyrrole nitrogens is 1. The van der Waals surface area contributed by atoms with Crippen LogP contribution in [-0.2, 0) is 20.7 Å². The lowest BCUT2D eigenvalue weighted by Gasteiger charge is -2.30. The first-order valence-corrected chi connectivity index (χ1v) is 9.20. The number of thioether (sulfide) groups is 1. The number of ether oxygens (including phenoxy) is 2. The van der Waals surface area contributed by atoms with Crippen LogP contribution >= 0.6 is 11.8 Å². The van der Waals surface area contributed by atoms with Crippen LogP contribution in [0.4, 0.5) is 0 Å². The van der Waals surface area contributed by atoms with Crippen LogP contribution in [0.5, 0.6) is 0 Å². The summed E-state index contributed by atoms with van der Waals surface area (Å²) in [6.07, 6.45) is 0.146. The molecule has 2 N–H and O–H groups in total. The second-order valence-electron chi connectivity index (χ2n) is 6.40. The molecule has 0 radical (unpaired) electrons. The molecule has 7 nitrogen and oxygen atoms in total. The summed E-state index contributed by atoms with van der Waals surface area (Å²) in [7, 11) is 1.32. The molecule has 2 heterocycles. The number of esters is 1. The standard InChI is InChI=1S/C16H25N3O4S/c1-11(2)8-19-4-5-23-13(9-19)10-24-16-17-12(6-14(20)18-16)7-15(21)22-3/h6,11,13H,4-5,7-10H2,1-3H3,(H,17,18,20)/p+1/t13-/m0/s1. The van der Waals surface area contributed by atoms with Gasteiger partial charge in [0.05, 0.1) is 32.4 Å². The van der Waals surface area contributed by atoms with E-state index in [0.717, 1.165) is 32.0 Å². The van der Waals surface area contributed by atoms with Gasteiger partial charge in [0.15, 0.2) is 5.16 Å². The van der Waals surface area contributed by atoms with Crippen molar-refractivity contribution in [1.29, 1.82) is 0 Å². The number of aromatic nitrogens is 2. The van der Waals surface area contributed by atoms with E-state index in [9.17, 15) is 9.59 Å². The summed E-state index contributed by atoms with van der Waals surface area (Å²) in [4.78, 5) is 31.6. The van der Waals surface area contributed by atoms with Crippen molar-refractivity contribution in [3.05, 3.63) is 22.1 Å². The first kappa shape index (κ1) is 19.0. The highest BCUT2D eigenvalue weighted by Gasteiger charge is 2.24. The van der Waals surface area contributed by atoms with Gasteiger partial charge in [0.1, 0.15) is 19.2 Å². The molecule has 1 aromatic rings. The Hall–Kier alpha value is -1.38. The number of aromatic amines is 1. The molecule has 0 aliphatic carbocycles. The molecule has 0 saturated carbocycles. The van der Waals surface area contributed by atoms with Crippen LogP contribution in [0.1, 0.15) is 19.5 Å². The van der Waals surface area contributed by atoms with Crippen molar-refractivity contribution in [2.24, 2.45) is 5.92 Å². The average molecular weight is 356 g/mol. The van der Waals surface area contributed by atoms with Crippen LogP contribution < -0.4 is 10.5 Å². The van der Waals surface area contributed by atoms with Crippen LogP contribution in [-0.4, -0.2) is 61.1 Å². The second-order valence-corrected chi connectivity index (χ2v) is 7.41. The van der Waals surface area contributed by atoms with Gasteiger partial charge in [-0.2, -0.15) is 0 Å². The summed E-state index contributed by atoms with van der Waals surface area (Å²) in [6.45, 7) is 8.38. The summed E-state index contributed by atoms with van der Waals surface area (Å²) in [6, 6.07) is 1.33. The zero-order valence-electron chi connectivity index (χ0n) is 14.5. The summed E-state index contributed by atoms with van der Waals surface area (Å²) < 4.78 is 10.4. The number of nitrogens with zero attached hydrogens (tertiary/aromatic N) is 1. The Morgan fingerprint density at radius 2 is 2.38 bits per heavy atom. The van der Waals surface area contributed by atoms with Gasteiger partial charge in [-0.1, -0.05) is 25.6 Å². The van der Waals surface area contributed by atoms with Gasteiger partial charge in [0.25, 0.3) is 5.56 Å². The third kappa shape index (κ3) is 6.26. The second kappa shape index (κ2) is 9.19. The number of quaternary nitrogens is 1. The molecule has 0 aromatic carbocycles. The number of morpholine rings is 1. The SMILES string of the molecule is COC(=O)Cc1cc(=O)[nH]c(SC[C@@H]2C[NH+](CC(C)C)CCO2)n1. The molecule has 0 bridgehead atoms. The van der Waals surface area contributed by atoms with Gasteiger partial charge < -0.3 is 19.4 Å². The molecule has 1 fully saturated rings. The largest absolute Gasteiger partial charge is 0.469 e. The van der Waals surface area contributed by atoms with Crippen LogP contribution in [0.3, 0.4) is 0 Å². The molecule has 2 atom stereocenters. The average Bonchev–Trinajstić information content (AvgIpc) is 2.52. The number of carbonyl (C=O) groups is 1. The predicted molar refractivity (Wildman–Crippen MR) is 91.4 cm³/mol. The lowest BCUT2D eigenvalue weighted by Crippen LogP contribution is -3.15. The van der Waals surface area contributed by atoms with E-state index in [-0.39, 0.29) is 18.1 Å². The minimum Gasteiger partial charge on any atom is -0.469 e. The Bertz CT molecular complexity index is 605. The predicted octanol–water partition coefficient (Wildman–Crippen LogP) is -0.483. The van der Waals surface area contributed by atoms with Crippen molar-refractivity contribution in [1.82, 2.24) is 9.97 Å². The van der Waals surface area contributed by atoms with E-state index in [1.807, 2.05) is 0 Å². The van der Waals surface area contributed by atoms with Gasteiger partial charge in [0, 0.05) is 17.7 Å². The maximum Gasteiger partial charge on any atom is 0.311 e. The molecular formula is C16H26N3O4S+. The van der Waals surface area contributed by atoms with E-state index in [1.165, 1.54) is 24.9 Å². The molecule has 1 aromatic heterocycles. The third-order valence-corrected chi connectivity index (χ3v) is 4.76. The Morgan fingerprint density at radius 1 is 1.58 bits per heavy atom. The van der Waals surface area contributed by atoms with Gasteiger partial charge in [0.2, 0.25) is 0 Å². The zero-order chi connectivity index (χ0) is 17.5. The minimum atomic E-state index is -0.410. The molecule has 1 saturated heterocycles. The monoisotopic (exact) mass is 356 g/mol. The molecule has 1 unspecified atom stereocenters. The topological polar surface area (TPSA) is 85.7 Å². The van der Waals surface area contributed by atoms with E-state index in [1.54, 1.807) is 4.90 Å². The number of rotatable bonds is 7. The highest BCUT2D eigenvalue weighted by Crippen LogP contribution is 2.14. The quantitative estimate of drug-likeness (QED) is 0.390. The molecular weight excluding hydrogens is 330 g/mol. The van der Waals surface area contributed by atoms with E-state index in [4.69, 9.17) is 4.74 Å². The van der Waals surface area contributed by atoms with Crippen molar-refractivity contribution in [2.75, 3.05) is 39.1 Å². The number of hydrogen-bond donors (Lipinski definition) is 2. The molecule has 0 amide bonds. The van der Waals surface area contributed by atoms with Gasteiger partial charge in [-0.05, 0) is 0 Å². The van der Waals surface area contributed by atoms with E-state index < -0.39 is 5.97 Å². The lowest BCUT2D eigenvalue weighted by atomic mass is 10.2. The highest BCUT2D eigenvalue weighted by molar-refractivity contribution is 7.99. The van der Waals surface area contributed by atoms with Crippen LogP contribution in [0.15, 0.2) is 16.0 Å². The van der Waals surface area contributed by atoms with E-state index >= 15 is 0 Å². The minimum absolute atomic E-state index is 0.000221. The van der Waals surface area contributed by atoms with Gasteiger partial charge in [-0.3, -0.25) is 9.59 Å². The van der Waals surface area contributed by atoms with Gasteiger partial charge in [-0.25, -0.2) is 4.98 Å². The summed E-state index contributed by atoms with van der Waals surface area (Å²) in [5.74, 6) is 0.985. The van der Waals surface area contributed by atoms with E-state index in [2.05, 4.69) is 28.6 Å². The van der Waals surface area contributed by atoms with Crippen molar-refractivity contribution in [3.63, 3.8) is 0 Å². The summed E-state index contributed by atoms with van der Waals surface area (Å²) in [5.41, 5.74) is 0.160. The van der Waals surface area contributed by atoms with Crippen molar-refractivity contribution < 1.29 is 19.2 Å². The highest BCUT2D eigenvalue weighted by atomic mass is 32.2. The molecule has 1 aliphatic rings. The maximum atomic E-state index is 11.7. The van der Waals surface area contributed by atoms with Crippen LogP contribution in [0, 0.1) is 5.92 Å². The molecule has 24 heavy (non-hydrogen) atoms. The number of nitrogens with one attached hydrogen (secondary N) is 2. The zero-order valence-corrected chi connectivity index (χ0v) is 15.3. The smallest absolute Gasteiger partial charge is 0.311 e. The third-order valence-electron chi connectivity index (χ3n) is 3.75. The molecule has 1 aliphatic heterocycles. The van der Waals surface area contributed by atoms with Crippen molar-refractivity contribution >= 4 is 17.7 Å². The first-order valence-electron chi connectivity index (χ1n) is 8.21. The molecule has 8 heteroatoms. The fourth-order valence-corrected chi connectivity index (χ4v) is 3.67. The maximum absolute atomic E-state index is 11.7. The first-order chi connectivity index (χ1) is 11.5. The molecule has 2 rings (SSSR count). The number of hydrogen-bond acceptors (Lipinski definition) is 6. The van der Waals surface area contributed by atoms with Crippen LogP contribution in [0.25, 0.3) is 0 Å². The fourth-order valence-electron chi connectivity index (χ4n) is 2.76. The van der Waals surface area contributed by atoms with E-state index in [0.29, 0.717) is 16.8 Å². The normalized spacial score (nSPS) is 21.0. The lowest BCUT2D eigenvalue weighted by molar-refractivity contribution is -0.914. The van der Waals surface area contributed by atoms with Crippen molar-refractivity contribution in [2.45, 2.75) is 31.5 Å². The molecule has 0 spiro atoms. The number of methoxy groups -OCH3 is 1. The van der Waals surface area contributed by atoms with Gasteiger partial charge in [-0.15, -0.1) is 0 Å². The Morgan fingerprint density at radius 3 is 3.08 bits per heavy atom. The molecule has 134 valence electrons. The Labute approximate surface area is 146 Å². The number of carbonyl (C=O) groups excluding carboxylic acids is 1. The summed E-state index contributed by atoms with van der Waals surface area (Å²) in [5, 5.41) is 0.515. The Balaban J connectivity index is 1.91. The van der Waals surface area contributed by atoms with Crippen LogP contribution in [0.2, 0.25) is 0 Å². The Kier molecular flexibility index (Phi) is 7.26. The fraction of sp³-hybridized carbons (Fsp3) is 0.688. The van der Waals surface area contributed by atoms with Crippen molar-refractivity contribution in [3.8, 4) is 0 Å². The summed E-state index contributed by atoms with van der Waals surface area (Å²) >= 11 is 1.45. The van der Waals surface area contributed by atoms with Gasteiger partial charge >= 0.3 is 5.97 Å².